The van der Waals surface area contributed by atoms with Crippen LogP contribution in [0.25, 0.3) is 0 Å². The zero-order valence-electron chi connectivity index (χ0n) is 34.0. The van der Waals surface area contributed by atoms with E-state index in [-0.39, 0.29) is 24.6 Å². The zero-order chi connectivity index (χ0) is 36.6. The van der Waals surface area contributed by atoms with Gasteiger partial charge in [0.05, 0.1) is 19.6 Å². The lowest BCUT2D eigenvalue weighted by molar-refractivity contribution is -0.150. The van der Waals surface area contributed by atoms with Crippen LogP contribution in [0, 0.1) is 0 Å². The number of carbonyl (C=O) groups is 2. The number of ether oxygens (including phenoxy) is 2. The number of aliphatic hydroxyl groups is 1. The Kier molecular flexibility index (Phi) is 39.7. The SMILES string of the molecule is CCCCCCCCCCCCCCOC(=O)CCN(CCO)CCCCCCCC(=O)OC(CCCCCCCC)CCCCCCCC. The van der Waals surface area contributed by atoms with E-state index >= 15 is 0 Å². The molecule has 0 aliphatic carbocycles. The van der Waals surface area contributed by atoms with Gasteiger partial charge in [0.25, 0.3) is 0 Å². The van der Waals surface area contributed by atoms with Gasteiger partial charge in [0.1, 0.15) is 6.10 Å². The Labute approximate surface area is 312 Å². The topological polar surface area (TPSA) is 76.1 Å². The van der Waals surface area contributed by atoms with Crippen LogP contribution in [0.3, 0.4) is 0 Å². The van der Waals surface area contributed by atoms with Gasteiger partial charge in [-0.25, -0.2) is 0 Å². The van der Waals surface area contributed by atoms with Gasteiger partial charge >= 0.3 is 11.9 Å². The van der Waals surface area contributed by atoms with E-state index < -0.39 is 0 Å². The van der Waals surface area contributed by atoms with Gasteiger partial charge in [-0.3, -0.25) is 9.59 Å². The standard InChI is InChI=1S/C44H87NO5/c1-4-7-10-13-16-17-18-19-20-21-27-32-41-49-43(47)36-38-45(39-40-46)37-31-26-22-25-30-35-44(48)50-42(33-28-23-14-11-8-5-2)34-29-24-15-12-9-6-3/h42,46H,4-41H2,1-3H3. The van der Waals surface area contributed by atoms with Crippen LogP contribution in [-0.4, -0.2) is 60.9 Å². The van der Waals surface area contributed by atoms with Crippen LogP contribution in [0.15, 0.2) is 0 Å². The average molecular weight is 710 g/mol. The molecule has 0 aromatic rings. The molecule has 0 aliphatic rings. The molecule has 0 spiro atoms. The Morgan fingerprint density at radius 1 is 0.460 bits per heavy atom. The highest BCUT2D eigenvalue weighted by atomic mass is 16.5. The molecule has 6 nitrogen and oxygen atoms in total. The van der Waals surface area contributed by atoms with Crippen molar-refractivity contribution >= 4 is 11.9 Å². The largest absolute Gasteiger partial charge is 0.466 e. The van der Waals surface area contributed by atoms with Gasteiger partial charge in [0, 0.05) is 19.5 Å². The summed E-state index contributed by atoms with van der Waals surface area (Å²) in [5.41, 5.74) is 0. The second-order valence-electron chi connectivity index (χ2n) is 15.2. The molecule has 50 heavy (non-hydrogen) atoms. The average Bonchev–Trinajstić information content (AvgIpc) is 3.11. The maximum Gasteiger partial charge on any atom is 0.307 e. The molecule has 0 heterocycles. The number of hydrogen-bond acceptors (Lipinski definition) is 6. The predicted octanol–water partition coefficient (Wildman–Crippen LogP) is 12.7. The third-order valence-corrected chi connectivity index (χ3v) is 10.2. The summed E-state index contributed by atoms with van der Waals surface area (Å²) >= 11 is 0. The summed E-state index contributed by atoms with van der Waals surface area (Å²) in [6.45, 7) is 9.53. The summed E-state index contributed by atoms with van der Waals surface area (Å²) in [6, 6.07) is 0. The lowest BCUT2D eigenvalue weighted by atomic mass is 10.0. The molecule has 0 aromatic heterocycles. The van der Waals surface area contributed by atoms with Crippen LogP contribution >= 0.6 is 0 Å². The molecule has 0 saturated heterocycles. The van der Waals surface area contributed by atoms with Crippen LogP contribution in [0.5, 0.6) is 0 Å². The summed E-state index contributed by atoms with van der Waals surface area (Å²) < 4.78 is 11.5. The van der Waals surface area contributed by atoms with Gasteiger partial charge in [-0.1, -0.05) is 175 Å². The number of nitrogens with zero attached hydrogens (tertiary/aromatic N) is 1. The van der Waals surface area contributed by atoms with Crippen molar-refractivity contribution in [2.24, 2.45) is 0 Å². The van der Waals surface area contributed by atoms with Gasteiger partial charge in [-0.05, 0) is 51.5 Å². The fourth-order valence-corrected chi connectivity index (χ4v) is 6.87. The Hall–Kier alpha value is -1.14. The first-order valence-corrected chi connectivity index (χ1v) is 22.3. The third-order valence-electron chi connectivity index (χ3n) is 10.2. The maximum atomic E-state index is 12.7. The summed E-state index contributed by atoms with van der Waals surface area (Å²) in [7, 11) is 0. The summed E-state index contributed by atoms with van der Waals surface area (Å²) in [5.74, 6) is -0.129. The highest BCUT2D eigenvalue weighted by Gasteiger charge is 2.14. The molecule has 0 aliphatic heterocycles. The normalized spacial score (nSPS) is 11.6. The first-order valence-electron chi connectivity index (χ1n) is 22.3. The first-order chi connectivity index (χ1) is 24.6. The van der Waals surface area contributed by atoms with Crippen molar-refractivity contribution in [1.29, 1.82) is 0 Å². The van der Waals surface area contributed by atoms with E-state index in [1.165, 1.54) is 141 Å². The number of aliphatic hydroxyl groups excluding tert-OH is 1. The number of carbonyl (C=O) groups excluding carboxylic acids is 2. The number of esters is 2. The van der Waals surface area contributed by atoms with Crippen molar-refractivity contribution in [3.63, 3.8) is 0 Å². The van der Waals surface area contributed by atoms with Crippen LogP contribution in [0.4, 0.5) is 0 Å². The van der Waals surface area contributed by atoms with Gasteiger partial charge in [0.2, 0.25) is 0 Å². The smallest absolute Gasteiger partial charge is 0.307 e. The van der Waals surface area contributed by atoms with Crippen molar-refractivity contribution in [3.8, 4) is 0 Å². The van der Waals surface area contributed by atoms with Crippen molar-refractivity contribution in [2.75, 3.05) is 32.8 Å². The molecule has 0 unspecified atom stereocenters. The molecule has 1 N–H and O–H groups in total. The molecule has 0 radical (unpaired) electrons. The molecule has 0 amide bonds. The lowest BCUT2D eigenvalue weighted by Crippen LogP contribution is -2.30. The monoisotopic (exact) mass is 710 g/mol. The van der Waals surface area contributed by atoms with E-state index in [4.69, 9.17) is 9.47 Å². The van der Waals surface area contributed by atoms with Crippen molar-refractivity contribution in [1.82, 2.24) is 4.90 Å². The molecule has 0 atom stereocenters. The van der Waals surface area contributed by atoms with Crippen LogP contribution in [-0.2, 0) is 19.1 Å². The van der Waals surface area contributed by atoms with Crippen LogP contribution < -0.4 is 0 Å². The molecule has 6 heteroatoms. The highest BCUT2D eigenvalue weighted by molar-refractivity contribution is 5.69. The van der Waals surface area contributed by atoms with E-state index in [9.17, 15) is 14.7 Å². The van der Waals surface area contributed by atoms with E-state index in [2.05, 4.69) is 25.7 Å². The summed E-state index contributed by atoms with van der Waals surface area (Å²) in [5, 5.41) is 9.51. The van der Waals surface area contributed by atoms with Crippen LogP contribution in [0.2, 0.25) is 0 Å². The summed E-state index contributed by atoms with van der Waals surface area (Å²) in [4.78, 5) is 27.1. The molecule has 298 valence electrons. The Morgan fingerprint density at radius 2 is 0.880 bits per heavy atom. The predicted molar refractivity (Wildman–Crippen MR) is 214 cm³/mol. The first kappa shape index (κ1) is 48.9. The minimum Gasteiger partial charge on any atom is -0.466 e. The van der Waals surface area contributed by atoms with Crippen LogP contribution in [0.1, 0.15) is 233 Å². The molecule has 0 saturated carbocycles. The second kappa shape index (κ2) is 40.6. The van der Waals surface area contributed by atoms with Gasteiger partial charge in [-0.2, -0.15) is 0 Å². The van der Waals surface area contributed by atoms with Crippen molar-refractivity contribution < 1.29 is 24.2 Å². The molecular formula is C44H87NO5. The third kappa shape index (κ3) is 36.6. The van der Waals surface area contributed by atoms with E-state index in [1.807, 2.05) is 0 Å². The number of unbranched alkanes of at least 4 members (excludes halogenated alkanes) is 25. The second-order valence-corrected chi connectivity index (χ2v) is 15.2. The molecular weight excluding hydrogens is 622 g/mol. The van der Waals surface area contributed by atoms with E-state index in [0.29, 0.717) is 32.5 Å². The van der Waals surface area contributed by atoms with E-state index in [0.717, 1.165) is 64.3 Å². The quantitative estimate of drug-likeness (QED) is 0.0503. The Bertz CT molecular complexity index is 686. The Balaban J connectivity index is 3.98. The Morgan fingerprint density at radius 3 is 1.36 bits per heavy atom. The lowest BCUT2D eigenvalue weighted by Gasteiger charge is -2.20. The zero-order valence-corrected chi connectivity index (χ0v) is 34.0. The maximum absolute atomic E-state index is 12.7. The van der Waals surface area contributed by atoms with Crippen molar-refractivity contribution in [2.45, 2.75) is 239 Å². The molecule has 0 rings (SSSR count). The van der Waals surface area contributed by atoms with E-state index in [1.54, 1.807) is 0 Å². The minimum absolute atomic E-state index is 0.00762. The minimum atomic E-state index is -0.121. The fraction of sp³-hybridized carbons (Fsp3) is 0.955. The molecule has 0 bridgehead atoms. The number of hydrogen-bond donors (Lipinski definition) is 1. The number of rotatable bonds is 41. The van der Waals surface area contributed by atoms with Gasteiger partial charge in [-0.15, -0.1) is 0 Å². The van der Waals surface area contributed by atoms with Gasteiger partial charge < -0.3 is 19.5 Å². The van der Waals surface area contributed by atoms with Gasteiger partial charge in [0.15, 0.2) is 0 Å². The summed E-state index contributed by atoms with van der Waals surface area (Å²) in [6.07, 6.45) is 39.1. The van der Waals surface area contributed by atoms with Crippen molar-refractivity contribution in [3.05, 3.63) is 0 Å². The highest BCUT2D eigenvalue weighted by Crippen LogP contribution is 2.18. The molecule has 0 aromatic carbocycles. The molecule has 0 fully saturated rings. The fourth-order valence-electron chi connectivity index (χ4n) is 6.87.